The summed E-state index contributed by atoms with van der Waals surface area (Å²) in [6, 6.07) is 0. The molecule has 0 N–H and O–H groups in total. The molecule has 1 nitrogen and oxygen atoms in total. The van der Waals surface area contributed by atoms with Crippen molar-refractivity contribution in [2.45, 2.75) is 71.6 Å². The maximum atomic E-state index is 11.4. The van der Waals surface area contributed by atoms with E-state index in [0.29, 0.717) is 5.78 Å². The van der Waals surface area contributed by atoms with Gasteiger partial charge in [0.25, 0.3) is 0 Å². The second kappa shape index (κ2) is 6.81. The number of carbonyl (C=O) groups excluding carboxylic acids is 1. The van der Waals surface area contributed by atoms with Crippen LogP contribution in [0.15, 0.2) is 11.1 Å². The lowest BCUT2D eigenvalue weighted by Crippen LogP contribution is -2.07. The van der Waals surface area contributed by atoms with Crippen LogP contribution in [0.25, 0.3) is 0 Å². The Bertz CT molecular complexity index is 238. The van der Waals surface area contributed by atoms with Crippen molar-refractivity contribution in [2.24, 2.45) is 0 Å². The lowest BCUT2D eigenvalue weighted by molar-refractivity contribution is -0.113. The molecule has 1 aliphatic carbocycles. The Hall–Kier alpha value is -0.590. The first-order chi connectivity index (χ1) is 7.25. The van der Waals surface area contributed by atoms with Gasteiger partial charge in [0.05, 0.1) is 0 Å². The Morgan fingerprint density at radius 1 is 1.13 bits per heavy atom. The minimum Gasteiger partial charge on any atom is -0.295 e. The van der Waals surface area contributed by atoms with Crippen LogP contribution in [0.2, 0.25) is 0 Å². The van der Waals surface area contributed by atoms with Gasteiger partial charge in [-0.25, -0.2) is 0 Å². The Labute approximate surface area is 93.9 Å². The van der Waals surface area contributed by atoms with E-state index in [9.17, 15) is 4.79 Å². The van der Waals surface area contributed by atoms with Crippen molar-refractivity contribution < 1.29 is 4.79 Å². The molecule has 0 unspecified atom stereocenters. The van der Waals surface area contributed by atoms with Crippen LogP contribution in [0.1, 0.15) is 71.6 Å². The van der Waals surface area contributed by atoms with Crippen LogP contribution in [0.3, 0.4) is 0 Å². The van der Waals surface area contributed by atoms with Crippen LogP contribution >= 0.6 is 0 Å². The zero-order chi connectivity index (χ0) is 11.1. The standard InChI is InChI=1S/C14H24O/c1-3-4-5-6-9-13-10-7-8-11-14(13)12(2)15/h3-11H2,1-2H3. The van der Waals surface area contributed by atoms with E-state index in [1.54, 1.807) is 6.92 Å². The highest BCUT2D eigenvalue weighted by Gasteiger charge is 2.15. The van der Waals surface area contributed by atoms with Crippen LogP contribution in [0.5, 0.6) is 0 Å². The molecule has 1 rings (SSSR count). The third-order valence-corrected chi connectivity index (χ3v) is 3.34. The molecule has 0 saturated carbocycles. The second-order valence-electron chi connectivity index (χ2n) is 4.66. The Morgan fingerprint density at radius 2 is 1.87 bits per heavy atom. The molecule has 0 radical (unpaired) electrons. The topological polar surface area (TPSA) is 17.1 Å². The first-order valence-corrected chi connectivity index (χ1v) is 6.47. The quantitative estimate of drug-likeness (QED) is 0.591. The van der Waals surface area contributed by atoms with Gasteiger partial charge in [-0.1, -0.05) is 31.8 Å². The van der Waals surface area contributed by atoms with Crippen molar-refractivity contribution >= 4 is 5.78 Å². The lowest BCUT2D eigenvalue weighted by atomic mass is 9.87. The molecular formula is C14H24O. The number of hydrogen-bond acceptors (Lipinski definition) is 1. The van der Waals surface area contributed by atoms with Crippen molar-refractivity contribution in [3.05, 3.63) is 11.1 Å². The fraction of sp³-hybridized carbons (Fsp3) is 0.786. The van der Waals surface area contributed by atoms with Gasteiger partial charge in [-0.2, -0.15) is 0 Å². The Morgan fingerprint density at radius 3 is 2.53 bits per heavy atom. The fourth-order valence-corrected chi connectivity index (χ4v) is 2.43. The van der Waals surface area contributed by atoms with Crippen molar-refractivity contribution in [2.75, 3.05) is 0 Å². The van der Waals surface area contributed by atoms with Crippen molar-refractivity contribution in [3.63, 3.8) is 0 Å². The van der Waals surface area contributed by atoms with Gasteiger partial charge in [0.1, 0.15) is 0 Å². The molecule has 1 heteroatoms. The number of unbranched alkanes of at least 4 members (excludes halogenated alkanes) is 3. The Kier molecular flexibility index (Phi) is 5.67. The van der Waals surface area contributed by atoms with E-state index in [0.717, 1.165) is 12.0 Å². The SMILES string of the molecule is CCCCCCC1=C(C(C)=O)CCCC1. The van der Waals surface area contributed by atoms with E-state index in [2.05, 4.69) is 6.92 Å². The van der Waals surface area contributed by atoms with Gasteiger partial charge in [0, 0.05) is 0 Å². The zero-order valence-electron chi connectivity index (χ0n) is 10.3. The van der Waals surface area contributed by atoms with E-state index >= 15 is 0 Å². The van der Waals surface area contributed by atoms with E-state index in [-0.39, 0.29) is 0 Å². The number of rotatable bonds is 6. The largest absolute Gasteiger partial charge is 0.295 e. The van der Waals surface area contributed by atoms with Crippen LogP contribution in [0, 0.1) is 0 Å². The molecule has 0 aromatic carbocycles. The minimum absolute atomic E-state index is 0.320. The zero-order valence-corrected chi connectivity index (χ0v) is 10.3. The molecule has 0 saturated heterocycles. The molecule has 0 bridgehead atoms. The van der Waals surface area contributed by atoms with Crippen molar-refractivity contribution in [3.8, 4) is 0 Å². The molecular weight excluding hydrogens is 184 g/mol. The average Bonchev–Trinajstić information content (AvgIpc) is 2.25. The summed E-state index contributed by atoms with van der Waals surface area (Å²) in [5.74, 6) is 0.320. The summed E-state index contributed by atoms with van der Waals surface area (Å²) in [4.78, 5) is 11.4. The highest BCUT2D eigenvalue weighted by Crippen LogP contribution is 2.29. The summed E-state index contributed by atoms with van der Waals surface area (Å²) in [6.45, 7) is 3.97. The van der Waals surface area contributed by atoms with Gasteiger partial charge < -0.3 is 0 Å². The average molecular weight is 208 g/mol. The Balaban J connectivity index is 2.44. The maximum Gasteiger partial charge on any atom is 0.155 e. The number of allylic oxidation sites excluding steroid dienone is 2. The summed E-state index contributed by atoms with van der Waals surface area (Å²) in [7, 11) is 0. The van der Waals surface area contributed by atoms with Gasteiger partial charge in [-0.15, -0.1) is 0 Å². The summed E-state index contributed by atoms with van der Waals surface area (Å²) in [6.07, 6.45) is 11.1. The predicted molar refractivity (Wildman–Crippen MR) is 64.9 cm³/mol. The maximum absolute atomic E-state index is 11.4. The summed E-state index contributed by atoms with van der Waals surface area (Å²) in [5, 5.41) is 0. The van der Waals surface area contributed by atoms with Gasteiger partial charge in [-0.3, -0.25) is 4.79 Å². The number of carbonyl (C=O) groups is 1. The van der Waals surface area contributed by atoms with Crippen LogP contribution < -0.4 is 0 Å². The molecule has 0 aromatic rings. The van der Waals surface area contributed by atoms with Crippen LogP contribution in [-0.2, 0) is 4.79 Å². The normalized spacial score (nSPS) is 16.9. The number of Topliss-reactive ketones (excluding diaryl/α,β-unsaturated/α-hetero) is 1. The minimum atomic E-state index is 0.320. The molecule has 0 fully saturated rings. The molecule has 0 heterocycles. The van der Waals surface area contributed by atoms with Gasteiger partial charge >= 0.3 is 0 Å². The smallest absolute Gasteiger partial charge is 0.155 e. The van der Waals surface area contributed by atoms with Crippen molar-refractivity contribution in [1.82, 2.24) is 0 Å². The first kappa shape index (κ1) is 12.5. The lowest BCUT2D eigenvalue weighted by Gasteiger charge is -2.18. The molecule has 0 aliphatic heterocycles. The monoisotopic (exact) mass is 208 g/mol. The first-order valence-electron chi connectivity index (χ1n) is 6.47. The number of hydrogen-bond donors (Lipinski definition) is 0. The second-order valence-corrected chi connectivity index (χ2v) is 4.66. The highest BCUT2D eigenvalue weighted by atomic mass is 16.1. The van der Waals surface area contributed by atoms with Gasteiger partial charge in [-0.05, 0) is 51.0 Å². The number of ketones is 1. The molecule has 86 valence electrons. The molecule has 0 amide bonds. The predicted octanol–water partition coefficient (Wildman–Crippen LogP) is 4.42. The molecule has 0 aromatic heterocycles. The summed E-state index contributed by atoms with van der Waals surface area (Å²) >= 11 is 0. The van der Waals surface area contributed by atoms with Crippen LogP contribution in [0.4, 0.5) is 0 Å². The summed E-state index contributed by atoms with van der Waals surface area (Å²) < 4.78 is 0. The van der Waals surface area contributed by atoms with Crippen LogP contribution in [-0.4, -0.2) is 5.78 Å². The summed E-state index contributed by atoms with van der Waals surface area (Å²) in [5.41, 5.74) is 2.64. The van der Waals surface area contributed by atoms with E-state index in [1.165, 1.54) is 56.9 Å². The van der Waals surface area contributed by atoms with E-state index in [4.69, 9.17) is 0 Å². The van der Waals surface area contributed by atoms with Gasteiger partial charge in [0.2, 0.25) is 0 Å². The van der Waals surface area contributed by atoms with E-state index < -0.39 is 0 Å². The molecule has 1 aliphatic rings. The van der Waals surface area contributed by atoms with Gasteiger partial charge in [0.15, 0.2) is 5.78 Å². The fourth-order valence-electron chi connectivity index (χ4n) is 2.43. The van der Waals surface area contributed by atoms with Crippen molar-refractivity contribution in [1.29, 1.82) is 0 Å². The molecule has 15 heavy (non-hydrogen) atoms. The highest BCUT2D eigenvalue weighted by molar-refractivity contribution is 5.94. The third kappa shape index (κ3) is 4.19. The molecule has 0 spiro atoms. The third-order valence-electron chi connectivity index (χ3n) is 3.34. The van der Waals surface area contributed by atoms with E-state index in [1.807, 2.05) is 0 Å². The molecule has 0 atom stereocenters.